The molecule has 0 saturated carbocycles. The van der Waals surface area contributed by atoms with Crippen molar-refractivity contribution >= 4 is 0 Å². The third-order valence-electron chi connectivity index (χ3n) is 2.68. The molecule has 0 amide bonds. The molecule has 0 aliphatic carbocycles. The zero-order chi connectivity index (χ0) is 11.1. The van der Waals surface area contributed by atoms with E-state index in [2.05, 4.69) is 27.7 Å². The standard InChI is InChI=1S/C13H25N/c1-6-8-10(3)13(9-7-2)11(4)12(5)14/h6-9,14H2,1-5H3/b12-11-,13-10-. The molecule has 0 heterocycles. The van der Waals surface area contributed by atoms with Crippen molar-refractivity contribution in [1.82, 2.24) is 0 Å². The van der Waals surface area contributed by atoms with Crippen LogP contribution >= 0.6 is 0 Å². The molecule has 0 aromatic carbocycles. The smallest absolute Gasteiger partial charge is 0.00813 e. The Morgan fingerprint density at radius 3 is 1.79 bits per heavy atom. The zero-order valence-electron chi connectivity index (χ0n) is 10.4. The van der Waals surface area contributed by atoms with Crippen molar-refractivity contribution in [3.63, 3.8) is 0 Å². The van der Waals surface area contributed by atoms with Gasteiger partial charge in [-0.25, -0.2) is 0 Å². The van der Waals surface area contributed by atoms with Crippen LogP contribution in [0.25, 0.3) is 0 Å². The lowest BCUT2D eigenvalue weighted by atomic mass is 9.94. The highest BCUT2D eigenvalue weighted by Gasteiger charge is 2.05. The van der Waals surface area contributed by atoms with E-state index in [1.54, 1.807) is 0 Å². The molecule has 0 spiro atoms. The van der Waals surface area contributed by atoms with Crippen LogP contribution in [0, 0.1) is 0 Å². The van der Waals surface area contributed by atoms with E-state index in [0.717, 1.165) is 12.1 Å². The van der Waals surface area contributed by atoms with Gasteiger partial charge in [-0.2, -0.15) is 0 Å². The maximum atomic E-state index is 5.85. The third kappa shape index (κ3) is 3.99. The number of rotatable bonds is 5. The first-order valence-corrected chi connectivity index (χ1v) is 5.66. The van der Waals surface area contributed by atoms with Gasteiger partial charge in [-0.1, -0.05) is 32.3 Å². The lowest BCUT2D eigenvalue weighted by Gasteiger charge is -2.13. The van der Waals surface area contributed by atoms with Crippen LogP contribution in [0.2, 0.25) is 0 Å². The van der Waals surface area contributed by atoms with Crippen LogP contribution in [-0.4, -0.2) is 0 Å². The van der Waals surface area contributed by atoms with Crippen LogP contribution < -0.4 is 5.73 Å². The van der Waals surface area contributed by atoms with Crippen molar-refractivity contribution in [2.45, 2.75) is 60.3 Å². The SMILES string of the molecule is CCC/C(C)=C(CCC)\C(C)=C(\C)N. The van der Waals surface area contributed by atoms with Crippen LogP contribution in [-0.2, 0) is 0 Å². The molecule has 0 aliphatic heterocycles. The molecule has 0 rings (SSSR count). The highest BCUT2D eigenvalue weighted by molar-refractivity contribution is 5.35. The Bertz CT molecular complexity index is 230. The summed E-state index contributed by atoms with van der Waals surface area (Å²) in [6.07, 6.45) is 4.77. The highest BCUT2D eigenvalue weighted by atomic mass is 14.6. The van der Waals surface area contributed by atoms with Gasteiger partial charge in [0.1, 0.15) is 0 Å². The quantitative estimate of drug-likeness (QED) is 0.655. The molecule has 0 bridgehead atoms. The third-order valence-corrected chi connectivity index (χ3v) is 2.68. The largest absolute Gasteiger partial charge is 0.402 e. The molecular formula is C13H25N. The molecule has 0 aromatic rings. The molecular weight excluding hydrogens is 170 g/mol. The number of allylic oxidation sites excluding steroid dienone is 4. The molecule has 0 aliphatic rings. The molecule has 82 valence electrons. The molecule has 14 heavy (non-hydrogen) atoms. The maximum absolute atomic E-state index is 5.85. The summed E-state index contributed by atoms with van der Waals surface area (Å²) in [4.78, 5) is 0. The van der Waals surface area contributed by atoms with Gasteiger partial charge in [0.05, 0.1) is 0 Å². The summed E-state index contributed by atoms with van der Waals surface area (Å²) >= 11 is 0. The van der Waals surface area contributed by atoms with E-state index in [-0.39, 0.29) is 0 Å². The summed E-state index contributed by atoms with van der Waals surface area (Å²) < 4.78 is 0. The predicted molar refractivity (Wildman–Crippen MR) is 65.1 cm³/mol. The van der Waals surface area contributed by atoms with Crippen LogP contribution in [0.1, 0.15) is 60.3 Å². The van der Waals surface area contributed by atoms with Crippen molar-refractivity contribution in [3.05, 3.63) is 22.4 Å². The Morgan fingerprint density at radius 2 is 1.43 bits per heavy atom. The van der Waals surface area contributed by atoms with Gasteiger partial charge >= 0.3 is 0 Å². The second-order valence-corrected chi connectivity index (χ2v) is 4.07. The molecule has 0 unspecified atom stereocenters. The highest BCUT2D eigenvalue weighted by Crippen LogP contribution is 2.23. The molecule has 0 aromatic heterocycles. The van der Waals surface area contributed by atoms with Gasteiger partial charge in [0, 0.05) is 5.70 Å². The topological polar surface area (TPSA) is 26.0 Å². The normalized spacial score (nSPS) is 14.9. The Morgan fingerprint density at radius 1 is 0.929 bits per heavy atom. The monoisotopic (exact) mass is 195 g/mol. The van der Waals surface area contributed by atoms with E-state index in [9.17, 15) is 0 Å². The second kappa shape index (κ2) is 6.69. The van der Waals surface area contributed by atoms with E-state index >= 15 is 0 Å². The van der Waals surface area contributed by atoms with Gasteiger partial charge < -0.3 is 5.73 Å². The van der Waals surface area contributed by atoms with Crippen LogP contribution in [0.5, 0.6) is 0 Å². The van der Waals surface area contributed by atoms with Crippen molar-refractivity contribution in [1.29, 1.82) is 0 Å². The van der Waals surface area contributed by atoms with Crippen molar-refractivity contribution in [2.75, 3.05) is 0 Å². The molecule has 0 saturated heterocycles. The number of hydrogen-bond acceptors (Lipinski definition) is 1. The van der Waals surface area contributed by atoms with Gasteiger partial charge in [0.15, 0.2) is 0 Å². The Balaban J connectivity index is 4.93. The molecule has 0 atom stereocenters. The minimum atomic E-state index is 0.962. The predicted octanol–water partition coefficient (Wildman–Crippen LogP) is 4.16. The van der Waals surface area contributed by atoms with Crippen molar-refractivity contribution < 1.29 is 0 Å². The summed E-state index contributed by atoms with van der Waals surface area (Å²) in [6, 6.07) is 0. The lowest BCUT2D eigenvalue weighted by Crippen LogP contribution is -2.00. The summed E-state index contributed by atoms with van der Waals surface area (Å²) in [6.45, 7) is 10.8. The van der Waals surface area contributed by atoms with Gasteiger partial charge in [-0.15, -0.1) is 0 Å². The molecule has 0 radical (unpaired) electrons. The summed E-state index contributed by atoms with van der Waals surface area (Å²) in [5.41, 5.74) is 11.1. The fourth-order valence-electron chi connectivity index (χ4n) is 1.73. The van der Waals surface area contributed by atoms with Gasteiger partial charge in [-0.3, -0.25) is 0 Å². The van der Waals surface area contributed by atoms with Crippen molar-refractivity contribution in [2.24, 2.45) is 5.73 Å². The maximum Gasteiger partial charge on any atom is 0.00813 e. The molecule has 1 heteroatoms. The minimum absolute atomic E-state index is 0.962. The molecule has 0 fully saturated rings. The van der Waals surface area contributed by atoms with Crippen LogP contribution in [0.4, 0.5) is 0 Å². The van der Waals surface area contributed by atoms with E-state index in [4.69, 9.17) is 5.73 Å². The summed E-state index contributed by atoms with van der Waals surface area (Å²) in [5.74, 6) is 0. The Kier molecular flexibility index (Phi) is 6.35. The first-order valence-electron chi connectivity index (χ1n) is 5.66. The van der Waals surface area contributed by atoms with Gasteiger partial charge in [-0.05, 0) is 44.8 Å². The Hall–Kier alpha value is -0.720. The van der Waals surface area contributed by atoms with Crippen molar-refractivity contribution in [3.8, 4) is 0 Å². The average molecular weight is 195 g/mol. The molecule has 2 N–H and O–H groups in total. The second-order valence-electron chi connectivity index (χ2n) is 4.07. The number of nitrogens with two attached hydrogens (primary N) is 1. The lowest BCUT2D eigenvalue weighted by molar-refractivity contribution is 0.838. The van der Waals surface area contributed by atoms with Gasteiger partial charge in [0.2, 0.25) is 0 Å². The zero-order valence-corrected chi connectivity index (χ0v) is 10.4. The minimum Gasteiger partial charge on any atom is -0.402 e. The number of hydrogen-bond donors (Lipinski definition) is 1. The average Bonchev–Trinajstić information content (AvgIpc) is 2.13. The first-order chi connectivity index (χ1) is 6.54. The van der Waals surface area contributed by atoms with E-state index in [1.165, 1.54) is 36.0 Å². The summed E-state index contributed by atoms with van der Waals surface area (Å²) in [5, 5.41) is 0. The fourth-order valence-corrected chi connectivity index (χ4v) is 1.73. The Labute approximate surface area is 89.1 Å². The van der Waals surface area contributed by atoms with E-state index in [0.29, 0.717) is 0 Å². The van der Waals surface area contributed by atoms with Gasteiger partial charge in [0.25, 0.3) is 0 Å². The first kappa shape index (κ1) is 13.3. The van der Waals surface area contributed by atoms with E-state index < -0.39 is 0 Å². The molecule has 1 nitrogen and oxygen atoms in total. The fraction of sp³-hybridized carbons (Fsp3) is 0.692. The summed E-state index contributed by atoms with van der Waals surface area (Å²) in [7, 11) is 0. The van der Waals surface area contributed by atoms with Crippen LogP contribution in [0.3, 0.4) is 0 Å². The van der Waals surface area contributed by atoms with E-state index in [1.807, 2.05) is 6.92 Å². The van der Waals surface area contributed by atoms with Crippen LogP contribution in [0.15, 0.2) is 22.4 Å².